The summed E-state index contributed by atoms with van der Waals surface area (Å²) in [7, 11) is 1.26. The number of esters is 2. The molecule has 0 saturated heterocycles. The molecule has 0 aliphatic carbocycles. The molecule has 1 amide bonds. The second-order valence-corrected chi connectivity index (χ2v) is 7.14. The van der Waals surface area contributed by atoms with Gasteiger partial charge in [-0.1, -0.05) is 24.3 Å². The predicted molar refractivity (Wildman–Crippen MR) is 110 cm³/mol. The van der Waals surface area contributed by atoms with E-state index in [4.69, 9.17) is 9.47 Å². The van der Waals surface area contributed by atoms with Gasteiger partial charge in [-0.05, 0) is 29.2 Å². The Labute approximate surface area is 171 Å². The molecule has 2 heterocycles. The number of aromatic nitrogens is 1. The molecular weight excluding hydrogens is 392 g/mol. The Morgan fingerprint density at radius 3 is 2.79 bits per heavy atom. The maximum absolute atomic E-state index is 12.2. The molecule has 2 aromatic heterocycles. The van der Waals surface area contributed by atoms with Crippen LogP contribution in [0.2, 0.25) is 0 Å². The van der Waals surface area contributed by atoms with Crippen LogP contribution in [-0.4, -0.2) is 42.6 Å². The van der Waals surface area contributed by atoms with Gasteiger partial charge in [-0.3, -0.25) is 4.79 Å². The summed E-state index contributed by atoms with van der Waals surface area (Å²) < 4.78 is 9.73. The molecule has 3 aromatic rings. The van der Waals surface area contributed by atoms with Crippen LogP contribution < -0.4 is 5.32 Å². The number of amides is 1. The first-order valence-corrected chi connectivity index (χ1v) is 9.75. The number of ether oxygens (including phenoxy) is 2. The summed E-state index contributed by atoms with van der Waals surface area (Å²) >= 11 is 1.48. The van der Waals surface area contributed by atoms with Gasteiger partial charge in [-0.15, -0.1) is 11.3 Å². The molecule has 1 aromatic carbocycles. The molecule has 8 heteroatoms. The summed E-state index contributed by atoms with van der Waals surface area (Å²) in [5.41, 5.74) is 1.80. The number of carbonyl (C=O) groups is 3. The van der Waals surface area contributed by atoms with Gasteiger partial charge in [0.2, 0.25) is 0 Å². The van der Waals surface area contributed by atoms with Crippen molar-refractivity contribution in [2.45, 2.75) is 12.5 Å². The zero-order valence-corrected chi connectivity index (χ0v) is 16.5. The highest BCUT2D eigenvalue weighted by molar-refractivity contribution is 7.10. The van der Waals surface area contributed by atoms with Gasteiger partial charge >= 0.3 is 11.9 Å². The quantitative estimate of drug-likeness (QED) is 0.438. The van der Waals surface area contributed by atoms with Gasteiger partial charge in [0.1, 0.15) is 6.04 Å². The van der Waals surface area contributed by atoms with Crippen LogP contribution in [0.4, 0.5) is 0 Å². The van der Waals surface area contributed by atoms with Crippen LogP contribution in [0.5, 0.6) is 0 Å². The van der Waals surface area contributed by atoms with Gasteiger partial charge in [0.25, 0.3) is 5.91 Å². The predicted octanol–water partition coefficient (Wildman–Crippen LogP) is 2.69. The van der Waals surface area contributed by atoms with E-state index < -0.39 is 30.5 Å². The number of rotatable bonds is 8. The topological polar surface area (TPSA) is 97.5 Å². The van der Waals surface area contributed by atoms with E-state index in [9.17, 15) is 14.4 Å². The molecule has 150 valence electrons. The lowest BCUT2D eigenvalue weighted by Gasteiger charge is -2.16. The number of H-pyrrole nitrogens is 1. The van der Waals surface area contributed by atoms with Crippen LogP contribution in [0, 0.1) is 0 Å². The number of hydrogen-bond donors (Lipinski definition) is 2. The van der Waals surface area contributed by atoms with E-state index in [0.717, 1.165) is 21.3 Å². The number of methoxy groups -OCH3 is 1. The lowest BCUT2D eigenvalue weighted by molar-refractivity contribution is -0.147. The number of benzene rings is 1. The highest BCUT2D eigenvalue weighted by atomic mass is 32.1. The van der Waals surface area contributed by atoms with Crippen molar-refractivity contribution in [3.8, 4) is 0 Å². The van der Waals surface area contributed by atoms with E-state index in [2.05, 4.69) is 10.3 Å². The monoisotopic (exact) mass is 412 g/mol. The van der Waals surface area contributed by atoms with Crippen LogP contribution in [-0.2, 0) is 30.3 Å². The largest absolute Gasteiger partial charge is 0.467 e. The van der Waals surface area contributed by atoms with Crippen molar-refractivity contribution in [3.63, 3.8) is 0 Å². The minimum Gasteiger partial charge on any atom is -0.467 e. The fraction of sp³-hybridized carbons (Fsp3) is 0.190. The fourth-order valence-corrected chi connectivity index (χ4v) is 3.43. The average molecular weight is 412 g/mol. The lowest BCUT2D eigenvalue weighted by atomic mass is 10.0. The van der Waals surface area contributed by atoms with Gasteiger partial charge in [0.15, 0.2) is 6.61 Å². The van der Waals surface area contributed by atoms with Crippen molar-refractivity contribution in [1.29, 1.82) is 0 Å². The number of nitrogens with one attached hydrogen (secondary N) is 2. The Hall–Kier alpha value is -3.39. The zero-order chi connectivity index (χ0) is 20.6. The molecular formula is C21H20N2O5S. The molecule has 3 rings (SSSR count). The number of hydrogen-bond acceptors (Lipinski definition) is 6. The minimum atomic E-state index is -0.896. The van der Waals surface area contributed by atoms with Gasteiger partial charge < -0.3 is 19.8 Å². The first-order valence-electron chi connectivity index (χ1n) is 8.87. The minimum absolute atomic E-state index is 0.245. The fourth-order valence-electron chi connectivity index (χ4n) is 2.81. The third-order valence-corrected chi connectivity index (χ3v) is 5.03. The van der Waals surface area contributed by atoms with E-state index >= 15 is 0 Å². The van der Waals surface area contributed by atoms with Crippen LogP contribution in [0.1, 0.15) is 10.4 Å². The molecule has 0 saturated carbocycles. The second kappa shape index (κ2) is 9.70. The van der Waals surface area contributed by atoms with Gasteiger partial charge in [0.05, 0.1) is 7.11 Å². The molecule has 7 nitrogen and oxygen atoms in total. The van der Waals surface area contributed by atoms with E-state index in [1.807, 2.05) is 41.8 Å². The molecule has 0 spiro atoms. The van der Waals surface area contributed by atoms with Gasteiger partial charge in [0, 0.05) is 34.5 Å². The third-order valence-electron chi connectivity index (χ3n) is 4.19. The highest BCUT2D eigenvalue weighted by Gasteiger charge is 2.23. The summed E-state index contributed by atoms with van der Waals surface area (Å²) in [5.74, 6) is -1.80. The molecule has 0 fully saturated rings. The van der Waals surface area contributed by atoms with Crippen molar-refractivity contribution < 1.29 is 23.9 Å². The van der Waals surface area contributed by atoms with Crippen molar-refractivity contribution in [1.82, 2.24) is 10.3 Å². The van der Waals surface area contributed by atoms with E-state index in [0.29, 0.717) is 0 Å². The number of thiophene rings is 1. The summed E-state index contributed by atoms with van der Waals surface area (Å²) in [6.45, 7) is -0.491. The van der Waals surface area contributed by atoms with E-state index in [-0.39, 0.29) is 6.42 Å². The third kappa shape index (κ3) is 5.55. The number of fused-ring (bicyclic) bond motifs is 1. The molecule has 0 bridgehead atoms. The van der Waals surface area contributed by atoms with Crippen molar-refractivity contribution in [2.24, 2.45) is 0 Å². The molecule has 2 N–H and O–H groups in total. The maximum atomic E-state index is 12.2. The van der Waals surface area contributed by atoms with Crippen LogP contribution in [0.3, 0.4) is 0 Å². The summed E-state index contributed by atoms with van der Waals surface area (Å²) in [6.07, 6.45) is 4.90. The highest BCUT2D eigenvalue weighted by Crippen LogP contribution is 2.19. The van der Waals surface area contributed by atoms with E-state index in [1.54, 1.807) is 12.3 Å². The number of aromatic amines is 1. The Balaban J connectivity index is 1.57. The van der Waals surface area contributed by atoms with E-state index in [1.165, 1.54) is 24.5 Å². The van der Waals surface area contributed by atoms with Crippen molar-refractivity contribution in [2.75, 3.05) is 13.7 Å². The first-order chi connectivity index (χ1) is 14.1. The summed E-state index contributed by atoms with van der Waals surface area (Å²) in [6, 6.07) is 10.5. The Bertz CT molecular complexity index is 1020. The Kier molecular flexibility index (Phi) is 6.80. The number of para-hydroxylation sites is 1. The summed E-state index contributed by atoms with van der Waals surface area (Å²) in [4.78, 5) is 40.1. The lowest BCUT2D eigenvalue weighted by Crippen LogP contribution is -2.44. The van der Waals surface area contributed by atoms with Crippen LogP contribution >= 0.6 is 11.3 Å². The molecule has 0 unspecified atom stereocenters. The standard InChI is InChI=1S/C21H20N2O5S/c1-27-21(26)18(11-14-12-22-17-7-3-2-6-16(14)17)23-19(24)13-28-20(25)9-8-15-5-4-10-29-15/h2-10,12,18,22H,11,13H2,1H3,(H,23,24)/b9-8+/t18-/m1/s1. The first kappa shape index (κ1) is 20.3. The van der Waals surface area contributed by atoms with Gasteiger partial charge in [-0.2, -0.15) is 0 Å². The number of carbonyl (C=O) groups excluding carboxylic acids is 3. The molecule has 0 aliphatic rings. The second-order valence-electron chi connectivity index (χ2n) is 6.16. The smallest absolute Gasteiger partial charge is 0.331 e. The molecule has 0 aliphatic heterocycles. The van der Waals surface area contributed by atoms with Crippen molar-refractivity contribution in [3.05, 3.63) is 64.5 Å². The Morgan fingerprint density at radius 1 is 1.21 bits per heavy atom. The Morgan fingerprint density at radius 2 is 2.03 bits per heavy atom. The maximum Gasteiger partial charge on any atom is 0.331 e. The SMILES string of the molecule is COC(=O)[C@@H](Cc1c[nH]c2ccccc12)NC(=O)COC(=O)/C=C/c1cccs1. The normalized spacial score (nSPS) is 12.0. The summed E-state index contributed by atoms with van der Waals surface area (Å²) in [5, 5.41) is 5.42. The molecule has 0 radical (unpaired) electrons. The molecule has 1 atom stereocenters. The van der Waals surface area contributed by atoms with Crippen LogP contribution in [0.15, 0.2) is 54.1 Å². The molecule has 29 heavy (non-hydrogen) atoms. The zero-order valence-electron chi connectivity index (χ0n) is 15.7. The van der Waals surface area contributed by atoms with Gasteiger partial charge in [-0.25, -0.2) is 9.59 Å². The van der Waals surface area contributed by atoms with Crippen LogP contribution in [0.25, 0.3) is 17.0 Å². The van der Waals surface area contributed by atoms with Crippen molar-refractivity contribution >= 4 is 46.2 Å². The average Bonchev–Trinajstić information content (AvgIpc) is 3.40.